The number of hydrogen-bond donors (Lipinski definition) is 2. The van der Waals surface area contributed by atoms with Crippen LogP contribution in [0.2, 0.25) is 0 Å². The summed E-state index contributed by atoms with van der Waals surface area (Å²) in [5.41, 5.74) is -0.140. The fraction of sp³-hybridized carbons (Fsp3) is 0.929. The molecule has 1 unspecified atom stereocenters. The predicted molar refractivity (Wildman–Crippen MR) is 71.9 cm³/mol. The molecule has 2 N–H and O–H groups in total. The Hall–Kier alpha value is -0.570. The van der Waals surface area contributed by atoms with Crippen molar-refractivity contribution in [3.8, 4) is 0 Å². The molecule has 0 heterocycles. The lowest BCUT2D eigenvalue weighted by molar-refractivity contribution is -0.124. The van der Waals surface area contributed by atoms with Gasteiger partial charge in [0.2, 0.25) is 5.91 Å². The van der Waals surface area contributed by atoms with Gasteiger partial charge in [0.05, 0.1) is 6.04 Å². The van der Waals surface area contributed by atoms with Crippen LogP contribution < -0.4 is 10.6 Å². The second-order valence-electron chi connectivity index (χ2n) is 6.35. The Balaban J connectivity index is 2.15. The van der Waals surface area contributed by atoms with E-state index in [1.54, 1.807) is 0 Å². The molecule has 0 aromatic rings. The van der Waals surface area contributed by atoms with E-state index in [9.17, 15) is 4.79 Å². The number of rotatable bonds is 5. The lowest BCUT2D eigenvalue weighted by Crippen LogP contribution is -2.49. The van der Waals surface area contributed by atoms with Gasteiger partial charge in [-0.25, -0.2) is 0 Å². The zero-order valence-corrected chi connectivity index (χ0v) is 11.8. The summed E-state index contributed by atoms with van der Waals surface area (Å²) in [4.78, 5) is 11.8. The van der Waals surface area contributed by atoms with Gasteiger partial charge in [0.1, 0.15) is 0 Å². The first-order chi connectivity index (χ1) is 7.88. The van der Waals surface area contributed by atoms with Gasteiger partial charge in [-0.3, -0.25) is 4.79 Å². The molecule has 1 atom stereocenters. The van der Waals surface area contributed by atoms with E-state index in [1.807, 2.05) is 27.7 Å². The SMILES string of the molecule is CC(NCCC1CCCC1)C(=O)NC(C)(C)C. The van der Waals surface area contributed by atoms with E-state index in [-0.39, 0.29) is 17.5 Å². The summed E-state index contributed by atoms with van der Waals surface area (Å²) in [5, 5.41) is 6.32. The Kier molecular flexibility index (Phi) is 5.44. The Morgan fingerprint density at radius 3 is 2.41 bits per heavy atom. The fourth-order valence-corrected chi connectivity index (χ4v) is 2.37. The van der Waals surface area contributed by atoms with Crippen molar-refractivity contribution in [1.29, 1.82) is 0 Å². The largest absolute Gasteiger partial charge is 0.350 e. The number of amides is 1. The summed E-state index contributed by atoms with van der Waals surface area (Å²) >= 11 is 0. The molecule has 1 saturated carbocycles. The van der Waals surface area contributed by atoms with Gasteiger partial charge in [0.15, 0.2) is 0 Å². The molecule has 100 valence electrons. The van der Waals surface area contributed by atoms with E-state index < -0.39 is 0 Å². The highest BCUT2D eigenvalue weighted by Crippen LogP contribution is 2.26. The molecule has 1 aliphatic carbocycles. The molecule has 1 amide bonds. The van der Waals surface area contributed by atoms with Crippen LogP contribution in [-0.4, -0.2) is 24.0 Å². The summed E-state index contributed by atoms with van der Waals surface area (Å²) in [7, 11) is 0. The third kappa shape index (κ3) is 6.06. The van der Waals surface area contributed by atoms with Gasteiger partial charge in [0.25, 0.3) is 0 Å². The first-order valence-electron chi connectivity index (χ1n) is 6.94. The Labute approximate surface area is 106 Å². The zero-order valence-electron chi connectivity index (χ0n) is 11.8. The van der Waals surface area contributed by atoms with Crippen LogP contribution in [0.1, 0.15) is 59.8 Å². The molecule has 0 spiro atoms. The molecule has 1 fully saturated rings. The molecule has 0 bridgehead atoms. The van der Waals surface area contributed by atoms with Crippen molar-refractivity contribution in [3.63, 3.8) is 0 Å². The van der Waals surface area contributed by atoms with Crippen LogP contribution in [0.25, 0.3) is 0 Å². The molecule has 0 aliphatic heterocycles. The number of carbonyl (C=O) groups excluding carboxylic acids is 1. The normalized spacial score (nSPS) is 19.3. The second-order valence-corrected chi connectivity index (χ2v) is 6.35. The lowest BCUT2D eigenvalue weighted by atomic mass is 10.0. The van der Waals surface area contributed by atoms with E-state index in [4.69, 9.17) is 0 Å². The smallest absolute Gasteiger partial charge is 0.237 e. The van der Waals surface area contributed by atoms with Gasteiger partial charge in [-0.1, -0.05) is 25.7 Å². The minimum Gasteiger partial charge on any atom is -0.350 e. The molecular formula is C14H28N2O. The van der Waals surface area contributed by atoms with E-state index in [0.29, 0.717) is 0 Å². The molecular weight excluding hydrogens is 212 g/mol. The lowest BCUT2D eigenvalue weighted by Gasteiger charge is -2.24. The molecule has 0 aromatic heterocycles. The van der Waals surface area contributed by atoms with E-state index in [0.717, 1.165) is 12.5 Å². The third-order valence-corrected chi connectivity index (χ3v) is 3.37. The average Bonchev–Trinajstić information content (AvgIpc) is 2.67. The summed E-state index contributed by atoms with van der Waals surface area (Å²) in [6.07, 6.45) is 6.76. The van der Waals surface area contributed by atoms with Crippen LogP contribution in [0.4, 0.5) is 0 Å². The minimum absolute atomic E-state index is 0.0874. The van der Waals surface area contributed by atoms with Crippen molar-refractivity contribution >= 4 is 5.91 Å². The molecule has 3 heteroatoms. The zero-order chi connectivity index (χ0) is 12.9. The van der Waals surface area contributed by atoms with Gasteiger partial charge < -0.3 is 10.6 Å². The Morgan fingerprint density at radius 1 is 1.29 bits per heavy atom. The Bertz CT molecular complexity index is 239. The van der Waals surface area contributed by atoms with Crippen LogP contribution in [0.3, 0.4) is 0 Å². The van der Waals surface area contributed by atoms with Crippen LogP contribution in [0.5, 0.6) is 0 Å². The van der Waals surface area contributed by atoms with Gasteiger partial charge in [0, 0.05) is 5.54 Å². The van der Waals surface area contributed by atoms with Gasteiger partial charge >= 0.3 is 0 Å². The van der Waals surface area contributed by atoms with Crippen molar-refractivity contribution in [2.75, 3.05) is 6.54 Å². The standard InChI is InChI=1S/C14H28N2O/c1-11(13(17)16-14(2,3)4)15-10-9-12-7-5-6-8-12/h11-12,15H,5-10H2,1-4H3,(H,16,17). The Morgan fingerprint density at radius 2 is 1.88 bits per heavy atom. The number of hydrogen-bond acceptors (Lipinski definition) is 2. The summed E-state index contributed by atoms with van der Waals surface area (Å²) in [6.45, 7) is 8.93. The van der Waals surface area contributed by atoms with Crippen molar-refractivity contribution < 1.29 is 4.79 Å². The topological polar surface area (TPSA) is 41.1 Å². The van der Waals surface area contributed by atoms with Crippen LogP contribution >= 0.6 is 0 Å². The summed E-state index contributed by atoms with van der Waals surface area (Å²) < 4.78 is 0. The third-order valence-electron chi connectivity index (χ3n) is 3.37. The maximum atomic E-state index is 11.8. The van der Waals surface area contributed by atoms with E-state index in [2.05, 4.69) is 10.6 Å². The maximum Gasteiger partial charge on any atom is 0.237 e. The van der Waals surface area contributed by atoms with Crippen LogP contribution in [-0.2, 0) is 4.79 Å². The van der Waals surface area contributed by atoms with Gasteiger partial charge in [-0.15, -0.1) is 0 Å². The molecule has 3 nitrogen and oxygen atoms in total. The number of nitrogens with one attached hydrogen (secondary N) is 2. The monoisotopic (exact) mass is 240 g/mol. The first kappa shape index (κ1) is 14.5. The molecule has 17 heavy (non-hydrogen) atoms. The van der Waals surface area contributed by atoms with Crippen LogP contribution in [0.15, 0.2) is 0 Å². The fourth-order valence-electron chi connectivity index (χ4n) is 2.37. The second kappa shape index (κ2) is 6.39. The van der Waals surface area contributed by atoms with Gasteiger partial charge in [-0.2, -0.15) is 0 Å². The van der Waals surface area contributed by atoms with Crippen molar-refractivity contribution in [3.05, 3.63) is 0 Å². The van der Waals surface area contributed by atoms with Crippen molar-refractivity contribution in [1.82, 2.24) is 10.6 Å². The van der Waals surface area contributed by atoms with E-state index in [1.165, 1.54) is 32.1 Å². The highest BCUT2D eigenvalue weighted by Gasteiger charge is 2.19. The average molecular weight is 240 g/mol. The molecule has 0 saturated heterocycles. The first-order valence-corrected chi connectivity index (χ1v) is 6.94. The van der Waals surface area contributed by atoms with Crippen molar-refractivity contribution in [2.24, 2.45) is 5.92 Å². The molecule has 0 radical (unpaired) electrons. The quantitative estimate of drug-likeness (QED) is 0.775. The van der Waals surface area contributed by atoms with Crippen LogP contribution in [0, 0.1) is 5.92 Å². The molecule has 1 rings (SSSR count). The highest BCUT2D eigenvalue weighted by molar-refractivity contribution is 5.81. The number of carbonyl (C=O) groups is 1. The maximum absolute atomic E-state index is 11.8. The minimum atomic E-state index is -0.140. The summed E-state index contributed by atoms with van der Waals surface area (Å²) in [5.74, 6) is 0.990. The molecule has 1 aliphatic rings. The summed E-state index contributed by atoms with van der Waals surface area (Å²) in [6, 6.07) is -0.0874. The predicted octanol–water partition coefficient (Wildman–Crippen LogP) is 2.46. The van der Waals surface area contributed by atoms with Crippen molar-refractivity contribution in [2.45, 2.75) is 71.4 Å². The molecule has 0 aromatic carbocycles. The van der Waals surface area contributed by atoms with E-state index >= 15 is 0 Å². The highest BCUT2D eigenvalue weighted by atomic mass is 16.2. The van der Waals surface area contributed by atoms with Gasteiger partial charge in [-0.05, 0) is 46.6 Å².